The minimum absolute atomic E-state index is 0.162. The van der Waals surface area contributed by atoms with E-state index in [1.54, 1.807) is 6.20 Å². The molecule has 32 heavy (non-hydrogen) atoms. The van der Waals surface area contributed by atoms with Gasteiger partial charge in [-0.15, -0.1) is 10.1 Å². The number of aromatic nitrogens is 2. The van der Waals surface area contributed by atoms with Crippen molar-refractivity contribution in [2.24, 2.45) is 0 Å². The van der Waals surface area contributed by atoms with E-state index in [9.17, 15) is 33.2 Å². The smallest absolute Gasteiger partial charge is 0.480 e. The van der Waals surface area contributed by atoms with Crippen molar-refractivity contribution >= 4 is 11.9 Å². The molecule has 0 aliphatic carbocycles. The molecule has 1 rings (SSSR count). The Morgan fingerprint density at radius 1 is 1.16 bits per heavy atom. The maximum Gasteiger partial charge on any atom is 0.490 e. The van der Waals surface area contributed by atoms with E-state index in [1.165, 1.54) is 6.33 Å². The maximum atomic E-state index is 11.2. The highest BCUT2D eigenvalue weighted by atomic mass is 19.4. The minimum Gasteiger partial charge on any atom is -0.480 e. The lowest BCUT2D eigenvalue weighted by Crippen LogP contribution is -2.39. The van der Waals surface area contributed by atoms with Crippen molar-refractivity contribution in [3.8, 4) is 0 Å². The summed E-state index contributed by atoms with van der Waals surface area (Å²) in [5, 5.41) is 31.9. The molecule has 0 spiro atoms. The van der Waals surface area contributed by atoms with Gasteiger partial charge in [-0.1, -0.05) is 12.8 Å². The number of carboxylic acid groups (broad SMARTS) is 2. The van der Waals surface area contributed by atoms with Gasteiger partial charge in [0, 0.05) is 18.3 Å². The van der Waals surface area contributed by atoms with Crippen molar-refractivity contribution < 1.29 is 42.9 Å². The molecule has 0 amide bonds. The quantitative estimate of drug-likeness (QED) is 0.134. The fourth-order valence-corrected chi connectivity index (χ4v) is 2.32. The molecular formula is C17H28F3N5O7. The number of rotatable bonds is 16. The Bertz CT molecular complexity index is 659. The number of aromatic amines is 1. The largest absolute Gasteiger partial charge is 0.490 e. The number of nitrogens with one attached hydrogen (secondary N) is 3. The fraction of sp³-hybridized carbons (Fsp3) is 0.706. The zero-order valence-corrected chi connectivity index (χ0v) is 17.3. The Balaban J connectivity index is 0.00000118. The summed E-state index contributed by atoms with van der Waals surface area (Å²) >= 11 is 0. The third-order valence-electron chi connectivity index (χ3n) is 3.89. The van der Waals surface area contributed by atoms with E-state index in [1.807, 2.05) is 0 Å². The first-order valence-corrected chi connectivity index (χ1v) is 9.75. The lowest BCUT2D eigenvalue weighted by Gasteiger charge is -2.13. The molecule has 0 bridgehead atoms. The zero-order chi connectivity index (χ0) is 24.4. The number of carbonyl (C=O) groups is 2. The molecule has 15 heteroatoms. The number of carboxylic acids is 2. The first-order valence-electron chi connectivity index (χ1n) is 9.75. The van der Waals surface area contributed by atoms with Crippen LogP contribution in [-0.2, 0) is 20.8 Å². The van der Waals surface area contributed by atoms with E-state index in [0.717, 1.165) is 44.5 Å². The summed E-state index contributed by atoms with van der Waals surface area (Å²) in [6.45, 7) is 2.48. The van der Waals surface area contributed by atoms with E-state index < -0.39 is 29.2 Å². The van der Waals surface area contributed by atoms with Crippen LogP contribution >= 0.6 is 0 Å². The second kappa shape index (κ2) is 16.7. The van der Waals surface area contributed by atoms with Gasteiger partial charge in [-0.25, -0.2) is 9.78 Å². The normalized spacial score (nSPS) is 11.8. The third-order valence-corrected chi connectivity index (χ3v) is 3.89. The summed E-state index contributed by atoms with van der Waals surface area (Å²) in [4.78, 5) is 41.1. The number of hydrogen-bond donors (Lipinski definition) is 5. The Hall–Kier alpha value is -2.94. The topological polar surface area (TPSA) is 180 Å². The summed E-state index contributed by atoms with van der Waals surface area (Å²) < 4.78 is 31.7. The van der Waals surface area contributed by atoms with Crippen molar-refractivity contribution in [1.82, 2.24) is 20.6 Å². The Kier molecular flexibility index (Phi) is 15.2. The summed E-state index contributed by atoms with van der Waals surface area (Å²) in [6, 6.07) is -0.623. The van der Waals surface area contributed by atoms with Crippen LogP contribution in [-0.4, -0.2) is 75.7 Å². The van der Waals surface area contributed by atoms with Crippen LogP contribution in [0.25, 0.3) is 0 Å². The van der Waals surface area contributed by atoms with Crippen LogP contribution in [0.1, 0.15) is 37.8 Å². The predicted molar refractivity (Wildman–Crippen MR) is 104 cm³/mol. The highest BCUT2D eigenvalue weighted by Gasteiger charge is 2.38. The van der Waals surface area contributed by atoms with Crippen LogP contribution in [0, 0.1) is 10.1 Å². The van der Waals surface area contributed by atoms with Gasteiger partial charge in [0.1, 0.15) is 6.04 Å². The van der Waals surface area contributed by atoms with Gasteiger partial charge >= 0.3 is 18.1 Å². The van der Waals surface area contributed by atoms with Crippen LogP contribution in [0.15, 0.2) is 12.5 Å². The van der Waals surface area contributed by atoms with Crippen LogP contribution in [0.5, 0.6) is 0 Å². The van der Waals surface area contributed by atoms with Crippen molar-refractivity contribution in [2.45, 2.75) is 50.7 Å². The Labute approximate surface area is 181 Å². The number of hydrogen-bond acceptors (Lipinski definition) is 8. The minimum atomic E-state index is -5.08. The monoisotopic (exact) mass is 471 g/mol. The van der Waals surface area contributed by atoms with Crippen molar-refractivity contribution in [1.29, 1.82) is 0 Å². The van der Waals surface area contributed by atoms with Gasteiger partial charge in [-0.05, 0) is 38.9 Å². The predicted octanol–water partition coefficient (Wildman–Crippen LogP) is 1.38. The average molecular weight is 471 g/mol. The van der Waals surface area contributed by atoms with E-state index in [-0.39, 0.29) is 6.61 Å². The molecular weight excluding hydrogens is 443 g/mol. The van der Waals surface area contributed by atoms with Crippen molar-refractivity contribution in [2.75, 3.05) is 26.2 Å². The molecule has 1 aromatic heterocycles. The first kappa shape index (κ1) is 29.1. The molecule has 1 atom stereocenters. The van der Waals surface area contributed by atoms with Crippen LogP contribution in [0.4, 0.5) is 13.2 Å². The Morgan fingerprint density at radius 3 is 2.31 bits per heavy atom. The molecule has 5 N–H and O–H groups in total. The first-order chi connectivity index (χ1) is 15.0. The molecule has 0 aromatic carbocycles. The fourth-order valence-electron chi connectivity index (χ4n) is 2.32. The number of unbranched alkanes of at least 4 members (excludes halogenated alkanes) is 3. The Morgan fingerprint density at radius 2 is 1.78 bits per heavy atom. The summed E-state index contributed by atoms with van der Waals surface area (Å²) in [6.07, 6.45) is 2.90. The second-order valence-electron chi connectivity index (χ2n) is 6.50. The highest BCUT2D eigenvalue weighted by molar-refractivity contribution is 5.73. The number of alkyl halides is 3. The molecule has 0 unspecified atom stereocenters. The average Bonchev–Trinajstić information content (AvgIpc) is 3.20. The van der Waals surface area contributed by atoms with Gasteiger partial charge in [0.05, 0.1) is 12.9 Å². The van der Waals surface area contributed by atoms with Gasteiger partial charge in [0.25, 0.3) is 5.09 Å². The number of imidazole rings is 1. The molecule has 0 saturated heterocycles. The number of aliphatic carboxylic acids is 2. The van der Waals surface area contributed by atoms with E-state index >= 15 is 0 Å². The molecule has 0 radical (unpaired) electrons. The SMILES string of the molecule is O=C(O)C(F)(F)F.O=C(O)[C@H](Cc1cnc[nH]1)NCCCNCCCCCCO[N+](=O)[O-]. The molecule has 1 heterocycles. The lowest BCUT2D eigenvalue weighted by molar-refractivity contribution is -0.757. The molecule has 0 aliphatic rings. The van der Waals surface area contributed by atoms with E-state index in [4.69, 9.17) is 9.90 Å². The molecule has 0 fully saturated rings. The van der Waals surface area contributed by atoms with Crippen LogP contribution < -0.4 is 10.6 Å². The van der Waals surface area contributed by atoms with E-state index in [0.29, 0.717) is 19.4 Å². The van der Waals surface area contributed by atoms with Crippen LogP contribution in [0.2, 0.25) is 0 Å². The number of H-pyrrole nitrogens is 1. The van der Waals surface area contributed by atoms with Gasteiger partial charge in [0.15, 0.2) is 0 Å². The van der Waals surface area contributed by atoms with Gasteiger partial charge in [-0.3, -0.25) is 4.79 Å². The summed E-state index contributed by atoms with van der Waals surface area (Å²) in [7, 11) is 0. The van der Waals surface area contributed by atoms with Crippen LogP contribution in [0.3, 0.4) is 0 Å². The molecule has 0 aliphatic heterocycles. The summed E-state index contributed by atoms with van der Waals surface area (Å²) in [5.41, 5.74) is 0.793. The second-order valence-corrected chi connectivity index (χ2v) is 6.50. The molecule has 1 aromatic rings. The van der Waals surface area contributed by atoms with Gasteiger partial charge in [-0.2, -0.15) is 13.2 Å². The maximum absolute atomic E-state index is 11.2. The molecule has 12 nitrogen and oxygen atoms in total. The highest BCUT2D eigenvalue weighted by Crippen LogP contribution is 2.13. The third kappa shape index (κ3) is 16.8. The van der Waals surface area contributed by atoms with E-state index in [2.05, 4.69) is 25.4 Å². The number of nitrogens with zero attached hydrogens (tertiary/aromatic N) is 2. The zero-order valence-electron chi connectivity index (χ0n) is 17.3. The molecule has 184 valence electrons. The number of halogens is 3. The van der Waals surface area contributed by atoms with Crippen molar-refractivity contribution in [3.05, 3.63) is 28.3 Å². The van der Waals surface area contributed by atoms with Crippen molar-refractivity contribution in [3.63, 3.8) is 0 Å². The van der Waals surface area contributed by atoms with Gasteiger partial charge < -0.3 is 30.7 Å². The molecule has 0 saturated carbocycles. The lowest BCUT2D eigenvalue weighted by atomic mass is 10.1. The summed E-state index contributed by atoms with van der Waals surface area (Å²) in [5.74, 6) is -3.63. The van der Waals surface area contributed by atoms with Gasteiger partial charge in [0.2, 0.25) is 0 Å². The standard InChI is InChI=1S/C15H27N5O5.C2HF3O2/c21-15(22)14(10-13-11-17-12-19-13)18-8-5-7-16-6-3-1-2-4-9-25-20(23)24;3-2(4,5)1(6)7/h11-12,14,16,18H,1-10H2,(H,17,19)(H,21,22);(H,6,7)/t14-;/m0./s1.